The lowest BCUT2D eigenvalue weighted by atomic mass is 9.95. The Balaban J connectivity index is 1.40. The van der Waals surface area contributed by atoms with Crippen LogP contribution in [0, 0.1) is 5.82 Å². The molecule has 1 heterocycles. The second kappa shape index (κ2) is 10.6. The van der Waals surface area contributed by atoms with Gasteiger partial charge in [0.05, 0.1) is 12.3 Å². The highest BCUT2D eigenvalue weighted by Crippen LogP contribution is 2.24. The maximum Gasteiger partial charge on any atom is 0.257 e. The molecule has 1 aromatic heterocycles. The van der Waals surface area contributed by atoms with Crippen LogP contribution in [0.1, 0.15) is 37.7 Å². The van der Waals surface area contributed by atoms with Crippen LogP contribution in [-0.4, -0.2) is 40.0 Å². The molecule has 1 fully saturated rings. The molecule has 0 radical (unpaired) electrons. The molecule has 1 aliphatic rings. The van der Waals surface area contributed by atoms with E-state index in [1.807, 2.05) is 24.3 Å². The minimum Gasteiger partial charge on any atom is -0.431 e. The van der Waals surface area contributed by atoms with Crippen LogP contribution >= 0.6 is 11.8 Å². The highest BCUT2D eigenvalue weighted by molar-refractivity contribution is 7.99. The Labute approximate surface area is 190 Å². The van der Waals surface area contributed by atoms with Crippen LogP contribution in [0.4, 0.5) is 4.39 Å². The number of carbonyl (C=O) groups excluding carboxylic acids is 2. The molecule has 0 bridgehead atoms. The highest BCUT2D eigenvalue weighted by Gasteiger charge is 2.22. The number of hydrogen-bond acceptors (Lipinski definition) is 5. The third-order valence-electron chi connectivity index (χ3n) is 5.54. The maximum atomic E-state index is 13.3. The Bertz CT molecular complexity index is 1030. The minimum atomic E-state index is -0.340. The summed E-state index contributed by atoms with van der Waals surface area (Å²) in [6.45, 7) is 0.187. The summed E-state index contributed by atoms with van der Waals surface area (Å²) >= 11 is 1.20. The van der Waals surface area contributed by atoms with E-state index in [1.54, 1.807) is 12.1 Å². The molecule has 2 amide bonds. The molecular weight excluding hydrogens is 429 g/mol. The molecule has 1 N–H and O–H groups in total. The summed E-state index contributed by atoms with van der Waals surface area (Å²) in [5.41, 5.74) is 2.16. The van der Waals surface area contributed by atoms with E-state index < -0.39 is 0 Å². The van der Waals surface area contributed by atoms with Gasteiger partial charge in [0.15, 0.2) is 5.58 Å². The van der Waals surface area contributed by atoms with Crippen molar-refractivity contribution >= 4 is 34.7 Å². The molecule has 0 saturated heterocycles. The predicted octanol–water partition coefficient (Wildman–Crippen LogP) is 4.54. The zero-order valence-electron chi connectivity index (χ0n) is 17.8. The number of nitrogens with one attached hydrogen (secondary N) is 1. The number of amides is 2. The van der Waals surface area contributed by atoms with Crippen LogP contribution < -0.4 is 5.32 Å². The van der Waals surface area contributed by atoms with E-state index in [0.29, 0.717) is 10.8 Å². The van der Waals surface area contributed by atoms with Crippen molar-refractivity contribution in [2.45, 2.75) is 49.9 Å². The molecule has 0 unspecified atom stereocenters. The summed E-state index contributed by atoms with van der Waals surface area (Å²) in [5.74, 6) is -0.627. The van der Waals surface area contributed by atoms with Crippen LogP contribution in [0.3, 0.4) is 0 Å². The summed E-state index contributed by atoms with van der Waals surface area (Å²) in [7, 11) is 0. The van der Waals surface area contributed by atoms with Crippen molar-refractivity contribution in [3.05, 3.63) is 59.9 Å². The molecule has 0 atom stereocenters. The van der Waals surface area contributed by atoms with Crippen LogP contribution in [-0.2, 0) is 16.1 Å². The Morgan fingerprint density at radius 2 is 1.84 bits per heavy atom. The van der Waals surface area contributed by atoms with Crippen molar-refractivity contribution < 1.29 is 18.4 Å². The number of halogens is 1. The minimum absolute atomic E-state index is 0.0408. The molecule has 1 aliphatic carbocycles. The van der Waals surface area contributed by atoms with Crippen LogP contribution in [0.5, 0.6) is 0 Å². The van der Waals surface area contributed by atoms with E-state index in [1.165, 1.54) is 35.2 Å². The van der Waals surface area contributed by atoms with Gasteiger partial charge >= 0.3 is 0 Å². The lowest BCUT2D eigenvalue weighted by molar-refractivity contribution is -0.134. The first-order valence-corrected chi connectivity index (χ1v) is 11.9. The van der Waals surface area contributed by atoms with Gasteiger partial charge in [-0.2, -0.15) is 0 Å². The smallest absolute Gasteiger partial charge is 0.257 e. The summed E-state index contributed by atoms with van der Waals surface area (Å²) in [5, 5.41) is 3.47. The molecule has 3 aromatic rings. The molecule has 0 spiro atoms. The number of fused-ring (bicyclic) bond motifs is 1. The number of hydrogen-bond donors (Lipinski definition) is 1. The zero-order chi connectivity index (χ0) is 22.3. The fourth-order valence-electron chi connectivity index (χ4n) is 3.86. The van der Waals surface area contributed by atoms with Gasteiger partial charge in [0, 0.05) is 12.6 Å². The van der Waals surface area contributed by atoms with Gasteiger partial charge in [-0.1, -0.05) is 55.3 Å². The van der Waals surface area contributed by atoms with E-state index >= 15 is 0 Å². The third-order valence-corrected chi connectivity index (χ3v) is 6.35. The monoisotopic (exact) mass is 455 g/mol. The third kappa shape index (κ3) is 6.09. The topological polar surface area (TPSA) is 75.4 Å². The highest BCUT2D eigenvalue weighted by atomic mass is 32.2. The van der Waals surface area contributed by atoms with Crippen molar-refractivity contribution in [1.29, 1.82) is 0 Å². The first-order chi connectivity index (χ1) is 15.6. The van der Waals surface area contributed by atoms with Crippen molar-refractivity contribution in [2.24, 2.45) is 0 Å². The zero-order valence-corrected chi connectivity index (χ0v) is 18.6. The maximum absolute atomic E-state index is 13.3. The molecule has 2 aromatic carbocycles. The summed E-state index contributed by atoms with van der Waals surface area (Å²) in [4.78, 5) is 31.6. The number of aromatic nitrogens is 1. The second-order valence-electron chi connectivity index (χ2n) is 8.01. The number of carbonyl (C=O) groups is 2. The van der Waals surface area contributed by atoms with E-state index in [0.717, 1.165) is 36.8 Å². The SMILES string of the molecule is O=C(CN(Cc1ccc(F)cc1)C(=O)CSc1nc2ccccc2o1)NC1CCCCC1. The second-order valence-corrected chi connectivity index (χ2v) is 8.94. The predicted molar refractivity (Wildman–Crippen MR) is 122 cm³/mol. The van der Waals surface area contributed by atoms with E-state index in [-0.39, 0.29) is 42.5 Å². The standard InChI is InChI=1S/C24H26FN3O3S/c25-18-12-10-17(11-13-18)14-28(15-22(29)26-19-6-2-1-3-7-19)23(30)16-32-24-27-20-8-4-5-9-21(20)31-24/h4-5,8-13,19H,1-3,6-7,14-16H2,(H,26,29). The van der Waals surface area contributed by atoms with Crippen molar-refractivity contribution in [1.82, 2.24) is 15.2 Å². The normalized spacial score (nSPS) is 14.4. The Morgan fingerprint density at radius 1 is 1.09 bits per heavy atom. The van der Waals surface area contributed by atoms with Crippen molar-refractivity contribution in [3.63, 3.8) is 0 Å². The van der Waals surface area contributed by atoms with Crippen LogP contribution in [0.25, 0.3) is 11.1 Å². The van der Waals surface area contributed by atoms with Gasteiger partial charge in [-0.15, -0.1) is 0 Å². The summed E-state index contributed by atoms with van der Waals surface area (Å²) in [6, 6.07) is 13.5. The lowest BCUT2D eigenvalue weighted by Gasteiger charge is -2.26. The summed E-state index contributed by atoms with van der Waals surface area (Å²) in [6.07, 6.45) is 5.39. The van der Waals surface area contributed by atoms with Gasteiger partial charge < -0.3 is 14.6 Å². The average Bonchev–Trinajstić information content (AvgIpc) is 3.22. The number of benzene rings is 2. The number of rotatable bonds is 8. The summed E-state index contributed by atoms with van der Waals surface area (Å²) < 4.78 is 19.0. The van der Waals surface area contributed by atoms with Crippen LogP contribution in [0.2, 0.25) is 0 Å². The Hall–Kier alpha value is -2.87. The van der Waals surface area contributed by atoms with Gasteiger partial charge in [0.1, 0.15) is 11.3 Å². The fraction of sp³-hybridized carbons (Fsp3) is 0.375. The Morgan fingerprint density at radius 3 is 2.59 bits per heavy atom. The average molecular weight is 456 g/mol. The first kappa shape index (κ1) is 22.3. The molecule has 1 saturated carbocycles. The van der Waals surface area contributed by atoms with Gasteiger partial charge in [-0.25, -0.2) is 9.37 Å². The van der Waals surface area contributed by atoms with E-state index in [2.05, 4.69) is 10.3 Å². The van der Waals surface area contributed by atoms with Gasteiger partial charge in [0.25, 0.3) is 5.22 Å². The van der Waals surface area contributed by atoms with Crippen LogP contribution in [0.15, 0.2) is 58.2 Å². The largest absolute Gasteiger partial charge is 0.431 e. The quantitative estimate of drug-likeness (QED) is 0.505. The molecule has 168 valence electrons. The van der Waals surface area contributed by atoms with Crippen molar-refractivity contribution in [2.75, 3.05) is 12.3 Å². The Kier molecular flexibility index (Phi) is 7.42. The number of oxazole rings is 1. The fourth-order valence-corrected chi connectivity index (χ4v) is 4.60. The molecule has 32 heavy (non-hydrogen) atoms. The number of thioether (sulfide) groups is 1. The molecule has 0 aliphatic heterocycles. The van der Waals surface area contributed by atoms with E-state index in [4.69, 9.17) is 4.42 Å². The lowest BCUT2D eigenvalue weighted by Crippen LogP contribution is -2.45. The molecule has 8 heteroatoms. The molecule has 6 nitrogen and oxygen atoms in total. The number of para-hydroxylation sites is 2. The molecule has 4 rings (SSSR count). The van der Waals surface area contributed by atoms with Gasteiger partial charge in [-0.3, -0.25) is 9.59 Å². The van der Waals surface area contributed by atoms with Gasteiger partial charge in [-0.05, 0) is 42.7 Å². The molecular formula is C24H26FN3O3S. The van der Waals surface area contributed by atoms with Gasteiger partial charge in [0.2, 0.25) is 11.8 Å². The van der Waals surface area contributed by atoms with Crippen molar-refractivity contribution in [3.8, 4) is 0 Å². The van der Waals surface area contributed by atoms with E-state index in [9.17, 15) is 14.0 Å². The first-order valence-electron chi connectivity index (χ1n) is 10.9. The number of nitrogens with zero attached hydrogens (tertiary/aromatic N) is 2.